The fourth-order valence-electron chi connectivity index (χ4n) is 2.43. The molecular formula is C22H20ClNO. The molecule has 0 unspecified atom stereocenters. The molecule has 0 N–H and O–H groups in total. The second kappa shape index (κ2) is 8.50. The lowest BCUT2D eigenvalue weighted by Crippen LogP contribution is -1.96. The van der Waals surface area contributed by atoms with Gasteiger partial charge >= 0.3 is 0 Å². The molecule has 0 bridgehead atoms. The zero-order chi connectivity index (χ0) is 17.5. The molecule has 0 spiro atoms. The topological polar surface area (TPSA) is 21.6 Å². The molecule has 0 aliphatic carbocycles. The SMILES string of the molecule is CCc1ccc(N=Cc2cccc(OCc3ccccc3Cl)c2)cc1. The van der Waals surface area contributed by atoms with Crippen LogP contribution in [0.3, 0.4) is 0 Å². The number of ether oxygens (including phenoxy) is 1. The van der Waals surface area contributed by atoms with Gasteiger partial charge in [0.25, 0.3) is 0 Å². The first-order valence-electron chi connectivity index (χ1n) is 8.34. The molecule has 3 aromatic carbocycles. The lowest BCUT2D eigenvalue weighted by Gasteiger charge is -2.08. The van der Waals surface area contributed by atoms with Gasteiger partial charge in [-0.1, -0.05) is 61.0 Å². The van der Waals surface area contributed by atoms with Crippen molar-refractivity contribution in [2.75, 3.05) is 0 Å². The Morgan fingerprint density at radius 1 is 0.960 bits per heavy atom. The Hall–Kier alpha value is -2.58. The standard InChI is InChI=1S/C22H20ClNO/c1-2-17-10-12-20(13-11-17)24-15-18-6-5-8-21(14-18)25-16-19-7-3-4-9-22(19)23/h3-15H,2,16H2,1H3. The van der Waals surface area contributed by atoms with Crippen LogP contribution in [0.1, 0.15) is 23.6 Å². The Labute approximate surface area is 153 Å². The summed E-state index contributed by atoms with van der Waals surface area (Å²) in [7, 11) is 0. The van der Waals surface area contributed by atoms with Crippen molar-refractivity contribution in [2.45, 2.75) is 20.0 Å². The van der Waals surface area contributed by atoms with Crippen LogP contribution >= 0.6 is 11.6 Å². The molecule has 3 rings (SSSR count). The van der Waals surface area contributed by atoms with E-state index in [2.05, 4.69) is 24.0 Å². The Morgan fingerprint density at radius 2 is 1.76 bits per heavy atom. The predicted molar refractivity (Wildman–Crippen MR) is 105 cm³/mol. The molecule has 0 atom stereocenters. The van der Waals surface area contributed by atoms with Gasteiger partial charge < -0.3 is 4.74 Å². The van der Waals surface area contributed by atoms with Gasteiger partial charge in [-0.25, -0.2) is 0 Å². The second-order valence-electron chi connectivity index (χ2n) is 5.73. The number of aliphatic imine (C=N–C) groups is 1. The number of rotatable bonds is 6. The van der Waals surface area contributed by atoms with Crippen molar-refractivity contribution in [1.82, 2.24) is 0 Å². The quantitative estimate of drug-likeness (QED) is 0.483. The van der Waals surface area contributed by atoms with Crippen LogP contribution in [-0.2, 0) is 13.0 Å². The van der Waals surface area contributed by atoms with E-state index in [1.54, 1.807) is 0 Å². The van der Waals surface area contributed by atoms with Crippen molar-refractivity contribution in [3.8, 4) is 5.75 Å². The molecule has 2 nitrogen and oxygen atoms in total. The summed E-state index contributed by atoms with van der Waals surface area (Å²) in [4.78, 5) is 4.52. The van der Waals surface area contributed by atoms with Gasteiger partial charge in [-0.2, -0.15) is 0 Å². The van der Waals surface area contributed by atoms with Crippen molar-refractivity contribution in [3.05, 3.63) is 94.5 Å². The van der Waals surface area contributed by atoms with E-state index in [0.717, 1.165) is 34.0 Å². The fraction of sp³-hybridized carbons (Fsp3) is 0.136. The second-order valence-corrected chi connectivity index (χ2v) is 6.14. The highest BCUT2D eigenvalue weighted by atomic mass is 35.5. The highest BCUT2D eigenvalue weighted by Gasteiger charge is 2.01. The molecule has 0 heterocycles. The van der Waals surface area contributed by atoms with Crippen LogP contribution in [0.25, 0.3) is 0 Å². The third-order valence-electron chi connectivity index (χ3n) is 3.92. The zero-order valence-electron chi connectivity index (χ0n) is 14.2. The van der Waals surface area contributed by atoms with Gasteiger partial charge in [0.1, 0.15) is 12.4 Å². The average Bonchev–Trinajstić information content (AvgIpc) is 2.66. The monoisotopic (exact) mass is 349 g/mol. The first-order valence-corrected chi connectivity index (χ1v) is 8.71. The third kappa shape index (κ3) is 4.94. The Kier molecular flexibility index (Phi) is 5.86. The maximum Gasteiger partial charge on any atom is 0.120 e. The summed E-state index contributed by atoms with van der Waals surface area (Å²) < 4.78 is 5.85. The molecule has 0 saturated heterocycles. The van der Waals surface area contributed by atoms with Crippen LogP contribution in [0, 0.1) is 0 Å². The summed E-state index contributed by atoms with van der Waals surface area (Å²) in [6.45, 7) is 2.59. The maximum absolute atomic E-state index is 6.16. The Morgan fingerprint density at radius 3 is 2.52 bits per heavy atom. The van der Waals surface area contributed by atoms with Crippen molar-refractivity contribution < 1.29 is 4.74 Å². The van der Waals surface area contributed by atoms with Gasteiger partial charge in [-0.15, -0.1) is 0 Å². The molecule has 25 heavy (non-hydrogen) atoms. The van der Waals surface area contributed by atoms with E-state index >= 15 is 0 Å². The summed E-state index contributed by atoms with van der Waals surface area (Å²) in [5, 5.41) is 0.718. The largest absolute Gasteiger partial charge is 0.489 e. The van der Waals surface area contributed by atoms with Gasteiger partial charge in [0.2, 0.25) is 0 Å². The minimum atomic E-state index is 0.443. The van der Waals surface area contributed by atoms with Gasteiger partial charge in [-0.05, 0) is 47.9 Å². The van der Waals surface area contributed by atoms with Crippen LogP contribution in [0.2, 0.25) is 5.02 Å². The lowest BCUT2D eigenvalue weighted by atomic mass is 10.1. The fourth-order valence-corrected chi connectivity index (χ4v) is 2.62. The van der Waals surface area contributed by atoms with E-state index in [9.17, 15) is 0 Å². The van der Waals surface area contributed by atoms with Crippen LogP contribution < -0.4 is 4.74 Å². The zero-order valence-corrected chi connectivity index (χ0v) is 14.9. The number of benzene rings is 3. The first kappa shape index (κ1) is 17.2. The average molecular weight is 350 g/mol. The summed E-state index contributed by atoms with van der Waals surface area (Å²) in [5.74, 6) is 0.796. The summed E-state index contributed by atoms with van der Waals surface area (Å²) >= 11 is 6.16. The summed E-state index contributed by atoms with van der Waals surface area (Å²) in [5.41, 5.74) is 4.23. The Bertz CT molecular complexity index is 856. The van der Waals surface area contributed by atoms with Gasteiger partial charge in [0.15, 0.2) is 0 Å². The molecule has 0 aliphatic rings. The van der Waals surface area contributed by atoms with Crippen LogP contribution in [0.4, 0.5) is 5.69 Å². The number of nitrogens with zero attached hydrogens (tertiary/aromatic N) is 1. The predicted octanol–water partition coefficient (Wildman–Crippen LogP) is 6.23. The molecule has 3 aromatic rings. The smallest absolute Gasteiger partial charge is 0.120 e. The van der Waals surface area contributed by atoms with Crippen LogP contribution in [0.5, 0.6) is 5.75 Å². The first-order chi connectivity index (χ1) is 12.2. The summed E-state index contributed by atoms with van der Waals surface area (Å²) in [6, 6.07) is 23.9. The van der Waals surface area contributed by atoms with E-state index in [0.29, 0.717) is 6.61 Å². The third-order valence-corrected chi connectivity index (χ3v) is 4.29. The molecule has 3 heteroatoms. The molecule has 0 fully saturated rings. The van der Waals surface area contributed by atoms with E-state index in [1.165, 1.54) is 5.56 Å². The van der Waals surface area contributed by atoms with Crippen molar-refractivity contribution >= 4 is 23.5 Å². The number of hydrogen-bond acceptors (Lipinski definition) is 2. The molecule has 126 valence electrons. The van der Waals surface area contributed by atoms with Crippen molar-refractivity contribution in [1.29, 1.82) is 0 Å². The molecule has 0 radical (unpaired) electrons. The Balaban J connectivity index is 1.66. The number of hydrogen-bond donors (Lipinski definition) is 0. The van der Waals surface area contributed by atoms with Crippen LogP contribution in [-0.4, -0.2) is 6.21 Å². The van der Waals surface area contributed by atoms with E-state index in [1.807, 2.05) is 66.9 Å². The lowest BCUT2D eigenvalue weighted by molar-refractivity contribution is 0.306. The van der Waals surface area contributed by atoms with Gasteiger partial charge in [0.05, 0.1) is 5.69 Å². The highest BCUT2D eigenvalue weighted by Crippen LogP contribution is 2.19. The molecule has 0 saturated carbocycles. The van der Waals surface area contributed by atoms with E-state index < -0.39 is 0 Å². The highest BCUT2D eigenvalue weighted by molar-refractivity contribution is 6.31. The van der Waals surface area contributed by atoms with Gasteiger partial charge in [-0.3, -0.25) is 4.99 Å². The summed E-state index contributed by atoms with van der Waals surface area (Å²) in [6.07, 6.45) is 2.89. The van der Waals surface area contributed by atoms with Crippen LogP contribution in [0.15, 0.2) is 77.8 Å². The molecule has 0 aromatic heterocycles. The normalized spacial score (nSPS) is 11.0. The number of halogens is 1. The van der Waals surface area contributed by atoms with E-state index in [-0.39, 0.29) is 0 Å². The van der Waals surface area contributed by atoms with Crippen molar-refractivity contribution in [3.63, 3.8) is 0 Å². The molecular weight excluding hydrogens is 330 g/mol. The van der Waals surface area contributed by atoms with Crippen molar-refractivity contribution in [2.24, 2.45) is 4.99 Å². The van der Waals surface area contributed by atoms with E-state index in [4.69, 9.17) is 16.3 Å². The minimum absolute atomic E-state index is 0.443. The molecule has 0 aliphatic heterocycles. The molecule has 0 amide bonds. The number of aryl methyl sites for hydroxylation is 1. The van der Waals surface area contributed by atoms with Gasteiger partial charge in [0, 0.05) is 16.8 Å². The minimum Gasteiger partial charge on any atom is -0.489 e. The maximum atomic E-state index is 6.16.